The first-order chi connectivity index (χ1) is 11.9. The van der Waals surface area contributed by atoms with E-state index in [9.17, 15) is 9.90 Å². The Labute approximate surface area is 154 Å². The van der Waals surface area contributed by atoms with Crippen molar-refractivity contribution in [2.45, 2.75) is 13.8 Å². The average Bonchev–Trinajstić information content (AvgIpc) is 2.56. The monoisotopic (exact) mass is 406 g/mol. The summed E-state index contributed by atoms with van der Waals surface area (Å²) in [6.07, 6.45) is 1.33. The molecule has 25 heavy (non-hydrogen) atoms. The van der Waals surface area contributed by atoms with E-state index in [2.05, 4.69) is 26.5 Å². The number of phenolic OH excluding ortho intramolecular Hbond substituents is 1. The first kappa shape index (κ1) is 18.8. The molecule has 0 heterocycles. The largest absolute Gasteiger partial charge is 0.504 e. The molecule has 2 N–H and O–H groups in total. The maximum absolute atomic E-state index is 11.8. The number of carbonyl (C=O) groups excluding carboxylic acids is 1. The van der Waals surface area contributed by atoms with E-state index in [0.717, 1.165) is 11.1 Å². The molecule has 6 nitrogen and oxygen atoms in total. The third kappa shape index (κ3) is 5.22. The molecule has 0 saturated heterocycles. The highest BCUT2D eigenvalue weighted by Gasteiger charge is 2.08. The van der Waals surface area contributed by atoms with E-state index in [1.165, 1.54) is 13.3 Å². The van der Waals surface area contributed by atoms with Gasteiger partial charge in [-0.3, -0.25) is 4.79 Å². The van der Waals surface area contributed by atoms with E-state index < -0.39 is 5.91 Å². The standard InChI is InChI=1S/C18H19BrN2O4/c1-11-4-5-15(12(2)6-11)25-10-17(22)21-20-9-13-7-14(19)8-16(24-3)18(13)23/h4-9,23H,10H2,1-3H3,(H,21,22)/b20-9+. The summed E-state index contributed by atoms with van der Waals surface area (Å²) in [5.74, 6) is 0.493. The first-order valence-electron chi connectivity index (χ1n) is 7.49. The molecule has 0 aliphatic heterocycles. The summed E-state index contributed by atoms with van der Waals surface area (Å²) in [6, 6.07) is 9.01. The van der Waals surface area contributed by atoms with E-state index in [0.29, 0.717) is 21.5 Å². The summed E-state index contributed by atoms with van der Waals surface area (Å²) >= 11 is 3.31. The van der Waals surface area contributed by atoms with E-state index in [4.69, 9.17) is 9.47 Å². The van der Waals surface area contributed by atoms with Crippen LogP contribution in [0.2, 0.25) is 0 Å². The minimum absolute atomic E-state index is 0.0600. The summed E-state index contributed by atoms with van der Waals surface area (Å²) < 4.78 is 11.2. The van der Waals surface area contributed by atoms with Crippen LogP contribution in [0.3, 0.4) is 0 Å². The van der Waals surface area contributed by atoms with Gasteiger partial charge in [0, 0.05) is 10.0 Å². The minimum atomic E-state index is -0.405. The smallest absolute Gasteiger partial charge is 0.277 e. The van der Waals surface area contributed by atoms with Gasteiger partial charge in [0.1, 0.15) is 5.75 Å². The highest BCUT2D eigenvalue weighted by molar-refractivity contribution is 9.10. The molecule has 0 bridgehead atoms. The maximum Gasteiger partial charge on any atom is 0.277 e. The maximum atomic E-state index is 11.8. The molecular formula is C18H19BrN2O4. The van der Waals surface area contributed by atoms with Crippen molar-refractivity contribution in [1.29, 1.82) is 0 Å². The van der Waals surface area contributed by atoms with Gasteiger partial charge < -0.3 is 14.6 Å². The van der Waals surface area contributed by atoms with Crippen LogP contribution in [0.1, 0.15) is 16.7 Å². The Hall–Kier alpha value is -2.54. The van der Waals surface area contributed by atoms with Gasteiger partial charge >= 0.3 is 0 Å². The molecule has 132 valence electrons. The molecule has 0 unspecified atom stereocenters. The van der Waals surface area contributed by atoms with Gasteiger partial charge in [-0.1, -0.05) is 33.6 Å². The van der Waals surface area contributed by atoms with Crippen LogP contribution >= 0.6 is 15.9 Å². The predicted octanol–water partition coefficient (Wildman–Crippen LogP) is 3.31. The van der Waals surface area contributed by atoms with Crippen molar-refractivity contribution in [2.75, 3.05) is 13.7 Å². The molecule has 1 amide bonds. The molecule has 0 fully saturated rings. The third-order valence-electron chi connectivity index (χ3n) is 3.37. The van der Waals surface area contributed by atoms with Gasteiger partial charge in [0.15, 0.2) is 18.1 Å². The number of hydrazone groups is 1. The van der Waals surface area contributed by atoms with Crippen LogP contribution in [0.5, 0.6) is 17.2 Å². The lowest BCUT2D eigenvalue weighted by Crippen LogP contribution is -2.24. The molecule has 0 aromatic heterocycles. The van der Waals surface area contributed by atoms with Crippen LogP contribution in [0, 0.1) is 13.8 Å². The Morgan fingerprint density at radius 1 is 1.28 bits per heavy atom. The number of aryl methyl sites for hydroxylation is 2. The summed E-state index contributed by atoms with van der Waals surface area (Å²) in [5, 5.41) is 13.8. The summed E-state index contributed by atoms with van der Waals surface area (Å²) in [4.78, 5) is 11.8. The number of aromatic hydroxyl groups is 1. The normalized spacial score (nSPS) is 10.7. The molecule has 0 saturated carbocycles. The van der Waals surface area contributed by atoms with Gasteiger partial charge in [-0.15, -0.1) is 0 Å². The number of hydrogen-bond donors (Lipinski definition) is 2. The Bertz CT molecular complexity index is 806. The van der Waals surface area contributed by atoms with E-state index in [-0.39, 0.29) is 12.4 Å². The molecule has 0 aliphatic rings. The zero-order valence-corrected chi connectivity index (χ0v) is 15.8. The topological polar surface area (TPSA) is 80.2 Å². The number of phenols is 1. The van der Waals surface area contributed by atoms with Crippen LogP contribution < -0.4 is 14.9 Å². The number of halogens is 1. The van der Waals surface area contributed by atoms with Gasteiger partial charge in [0.25, 0.3) is 5.91 Å². The second-order valence-electron chi connectivity index (χ2n) is 5.40. The second kappa shape index (κ2) is 8.53. The van der Waals surface area contributed by atoms with Crippen molar-refractivity contribution >= 4 is 28.1 Å². The number of ether oxygens (including phenoxy) is 2. The molecule has 2 aromatic carbocycles. The fraction of sp³-hybridized carbons (Fsp3) is 0.222. The lowest BCUT2D eigenvalue weighted by atomic mass is 10.1. The van der Waals surface area contributed by atoms with Crippen molar-refractivity contribution in [1.82, 2.24) is 5.43 Å². The van der Waals surface area contributed by atoms with Crippen molar-refractivity contribution in [3.63, 3.8) is 0 Å². The third-order valence-corrected chi connectivity index (χ3v) is 3.83. The lowest BCUT2D eigenvalue weighted by Gasteiger charge is -2.09. The predicted molar refractivity (Wildman–Crippen MR) is 99.5 cm³/mol. The van der Waals surface area contributed by atoms with E-state index >= 15 is 0 Å². The van der Waals surface area contributed by atoms with Crippen LogP contribution in [0.15, 0.2) is 39.9 Å². The molecule has 2 aromatic rings. The van der Waals surface area contributed by atoms with Crippen molar-refractivity contribution in [3.05, 3.63) is 51.5 Å². The first-order valence-corrected chi connectivity index (χ1v) is 8.28. The Morgan fingerprint density at radius 3 is 2.72 bits per heavy atom. The Balaban J connectivity index is 1.93. The fourth-order valence-electron chi connectivity index (χ4n) is 2.16. The van der Waals surface area contributed by atoms with Crippen molar-refractivity contribution < 1.29 is 19.4 Å². The summed E-state index contributed by atoms with van der Waals surface area (Å²) in [7, 11) is 1.45. The minimum Gasteiger partial charge on any atom is -0.504 e. The lowest BCUT2D eigenvalue weighted by molar-refractivity contribution is -0.123. The Morgan fingerprint density at radius 2 is 2.04 bits per heavy atom. The molecule has 0 aliphatic carbocycles. The quantitative estimate of drug-likeness (QED) is 0.569. The zero-order valence-electron chi connectivity index (χ0n) is 14.2. The fourth-order valence-corrected chi connectivity index (χ4v) is 2.61. The van der Waals surface area contributed by atoms with Gasteiger partial charge in [0.05, 0.1) is 13.3 Å². The SMILES string of the molecule is COc1cc(Br)cc(/C=N/NC(=O)COc2ccc(C)cc2C)c1O. The van der Waals surface area contributed by atoms with Gasteiger partial charge in [-0.05, 0) is 37.6 Å². The van der Waals surface area contributed by atoms with Gasteiger partial charge in [-0.2, -0.15) is 5.10 Å². The van der Waals surface area contributed by atoms with Crippen LogP contribution in [-0.2, 0) is 4.79 Å². The van der Waals surface area contributed by atoms with Crippen LogP contribution in [0.4, 0.5) is 0 Å². The Kier molecular flexibility index (Phi) is 6.41. The number of nitrogens with one attached hydrogen (secondary N) is 1. The summed E-state index contributed by atoms with van der Waals surface area (Å²) in [5.41, 5.74) is 4.85. The highest BCUT2D eigenvalue weighted by atomic mass is 79.9. The molecule has 0 radical (unpaired) electrons. The number of carbonyl (C=O) groups is 1. The van der Waals surface area contributed by atoms with Crippen LogP contribution in [0.25, 0.3) is 0 Å². The van der Waals surface area contributed by atoms with Crippen molar-refractivity contribution in [2.24, 2.45) is 5.10 Å². The molecule has 7 heteroatoms. The number of rotatable bonds is 6. The number of hydrogen-bond acceptors (Lipinski definition) is 5. The molecule has 2 rings (SSSR count). The zero-order chi connectivity index (χ0) is 18.4. The highest BCUT2D eigenvalue weighted by Crippen LogP contribution is 2.32. The summed E-state index contributed by atoms with van der Waals surface area (Å²) in [6.45, 7) is 3.75. The average molecular weight is 407 g/mol. The number of benzene rings is 2. The van der Waals surface area contributed by atoms with E-state index in [1.807, 2.05) is 32.0 Å². The molecular weight excluding hydrogens is 388 g/mol. The van der Waals surface area contributed by atoms with Gasteiger partial charge in [0.2, 0.25) is 0 Å². The molecule has 0 spiro atoms. The van der Waals surface area contributed by atoms with E-state index in [1.54, 1.807) is 12.1 Å². The molecule has 0 atom stereocenters. The second-order valence-corrected chi connectivity index (χ2v) is 6.31. The van der Waals surface area contributed by atoms with Gasteiger partial charge in [-0.25, -0.2) is 5.43 Å². The number of nitrogens with zero attached hydrogens (tertiary/aromatic N) is 1. The van der Waals surface area contributed by atoms with Crippen LogP contribution in [-0.4, -0.2) is 30.9 Å². The number of methoxy groups -OCH3 is 1. The number of amides is 1. The van der Waals surface area contributed by atoms with Crippen molar-refractivity contribution in [3.8, 4) is 17.2 Å².